The second kappa shape index (κ2) is 11.4. The summed E-state index contributed by atoms with van der Waals surface area (Å²) in [6, 6.07) is 29.8. The minimum atomic E-state index is -0.441. The van der Waals surface area contributed by atoms with Crippen LogP contribution in [0, 0.1) is 5.82 Å². The van der Waals surface area contributed by atoms with Crippen molar-refractivity contribution in [3.05, 3.63) is 126 Å². The van der Waals surface area contributed by atoms with Crippen molar-refractivity contribution < 1.29 is 23.5 Å². The Bertz CT molecular complexity index is 1690. The molecule has 8 nitrogen and oxygen atoms in total. The molecule has 0 saturated carbocycles. The van der Waals surface area contributed by atoms with Gasteiger partial charge in [-0.2, -0.15) is 0 Å². The second-order valence-corrected chi connectivity index (χ2v) is 9.43. The fraction of sp³-hybridized carbons (Fsp3) is 0.0938. The van der Waals surface area contributed by atoms with Crippen LogP contribution in [0.2, 0.25) is 0 Å². The molecular weight excluding hydrogens is 523 g/mol. The Morgan fingerprint density at radius 2 is 1.59 bits per heavy atom. The van der Waals surface area contributed by atoms with Crippen LogP contribution in [0.25, 0.3) is 16.9 Å². The maximum atomic E-state index is 13.6. The second-order valence-electron chi connectivity index (χ2n) is 9.43. The molecule has 2 amide bonds. The number of aromatic nitrogens is 2. The minimum Gasteiger partial charge on any atom is -0.454 e. The van der Waals surface area contributed by atoms with E-state index in [1.807, 2.05) is 60.7 Å². The lowest BCUT2D eigenvalue weighted by Crippen LogP contribution is -2.38. The Kier molecular flexibility index (Phi) is 7.15. The Morgan fingerprint density at radius 1 is 0.878 bits per heavy atom. The van der Waals surface area contributed by atoms with Gasteiger partial charge >= 0.3 is 0 Å². The number of rotatable bonds is 8. The number of nitrogens with zero attached hydrogens (tertiary/aromatic N) is 3. The zero-order chi connectivity index (χ0) is 28.2. The van der Waals surface area contributed by atoms with Crippen LogP contribution in [0.1, 0.15) is 15.9 Å². The fourth-order valence-corrected chi connectivity index (χ4v) is 4.57. The molecule has 2 heterocycles. The third kappa shape index (κ3) is 5.79. The van der Waals surface area contributed by atoms with E-state index < -0.39 is 5.91 Å². The summed E-state index contributed by atoms with van der Waals surface area (Å²) in [6.45, 7) is 0.0666. The summed E-state index contributed by atoms with van der Waals surface area (Å²) < 4.78 is 26.1. The molecule has 0 radical (unpaired) electrons. The number of benzene rings is 4. The average molecular weight is 549 g/mol. The summed E-state index contributed by atoms with van der Waals surface area (Å²) >= 11 is 0. The largest absolute Gasteiger partial charge is 0.454 e. The van der Waals surface area contributed by atoms with Gasteiger partial charge in [-0.3, -0.25) is 19.5 Å². The van der Waals surface area contributed by atoms with Crippen LogP contribution >= 0.6 is 0 Å². The number of carbonyl (C=O) groups excluding carboxylic acids is 2. The number of anilines is 1. The average Bonchev–Trinajstić information content (AvgIpc) is 3.65. The van der Waals surface area contributed by atoms with Gasteiger partial charge < -0.3 is 14.4 Å². The predicted octanol–water partition coefficient (Wildman–Crippen LogP) is 5.69. The Labute approximate surface area is 235 Å². The first kappa shape index (κ1) is 25.8. The summed E-state index contributed by atoms with van der Waals surface area (Å²) in [5.41, 5.74) is 3.34. The molecule has 41 heavy (non-hydrogen) atoms. The number of halogens is 1. The number of ether oxygens (including phenoxy) is 2. The number of hydrogen-bond donors (Lipinski definition) is 1. The quantitative estimate of drug-likeness (QED) is 0.269. The summed E-state index contributed by atoms with van der Waals surface area (Å²) in [5, 5.41) is 2.86. The number of hydrogen-bond acceptors (Lipinski definition) is 5. The third-order valence-corrected chi connectivity index (χ3v) is 6.59. The molecule has 204 valence electrons. The monoisotopic (exact) mass is 548 g/mol. The van der Waals surface area contributed by atoms with Crippen LogP contribution in [-0.4, -0.2) is 39.6 Å². The molecule has 0 fully saturated rings. The van der Waals surface area contributed by atoms with E-state index in [4.69, 9.17) is 9.47 Å². The van der Waals surface area contributed by atoms with E-state index in [-0.39, 0.29) is 37.6 Å². The van der Waals surface area contributed by atoms with Crippen molar-refractivity contribution in [3.63, 3.8) is 0 Å². The van der Waals surface area contributed by atoms with Crippen molar-refractivity contribution >= 4 is 17.8 Å². The van der Waals surface area contributed by atoms with Gasteiger partial charge in [-0.15, -0.1) is 0 Å². The van der Waals surface area contributed by atoms with Crippen molar-refractivity contribution in [3.8, 4) is 28.4 Å². The molecule has 9 heteroatoms. The van der Waals surface area contributed by atoms with Crippen LogP contribution in [0.3, 0.4) is 0 Å². The van der Waals surface area contributed by atoms with E-state index in [0.717, 1.165) is 11.1 Å². The van der Waals surface area contributed by atoms with Crippen molar-refractivity contribution in [1.82, 2.24) is 14.5 Å². The standard InChI is InChI=1S/C32H25FN4O4/c33-25-12-14-26(15-13-25)37-19-27(23-9-5-2-6-10-23)34-32(37)35-30(38)20-36(18-22-7-3-1-4-8-22)31(39)24-11-16-28-29(17-24)41-21-40-28/h1-17,19H,18,20-21H2,(H,34,35,38). The smallest absolute Gasteiger partial charge is 0.254 e. The maximum absolute atomic E-state index is 13.6. The number of amides is 2. The van der Waals surface area contributed by atoms with Gasteiger partial charge in [0.05, 0.1) is 5.69 Å². The summed E-state index contributed by atoms with van der Waals surface area (Å²) in [7, 11) is 0. The minimum absolute atomic E-state index is 0.0920. The van der Waals surface area contributed by atoms with E-state index >= 15 is 0 Å². The lowest BCUT2D eigenvalue weighted by molar-refractivity contribution is -0.117. The summed E-state index contributed by atoms with van der Waals surface area (Å²) in [4.78, 5) is 33.2. The molecule has 0 bridgehead atoms. The van der Waals surface area contributed by atoms with Crippen LogP contribution in [0.4, 0.5) is 10.3 Å². The van der Waals surface area contributed by atoms with Gasteiger partial charge in [0, 0.05) is 29.6 Å². The fourth-order valence-electron chi connectivity index (χ4n) is 4.57. The highest BCUT2D eigenvalue weighted by Gasteiger charge is 2.24. The van der Waals surface area contributed by atoms with Gasteiger partial charge in [-0.1, -0.05) is 60.7 Å². The molecule has 0 unspecified atom stereocenters. The van der Waals surface area contributed by atoms with Crippen LogP contribution < -0.4 is 14.8 Å². The molecule has 1 aliphatic heterocycles. The van der Waals surface area contributed by atoms with Crippen molar-refractivity contribution in [2.24, 2.45) is 0 Å². The summed E-state index contributed by atoms with van der Waals surface area (Å²) in [6.07, 6.45) is 1.78. The molecule has 0 spiro atoms. The molecule has 4 aromatic carbocycles. The van der Waals surface area contributed by atoms with Crippen molar-refractivity contribution in [1.29, 1.82) is 0 Å². The Hall–Kier alpha value is -5.44. The highest BCUT2D eigenvalue weighted by atomic mass is 19.1. The molecule has 1 N–H and O–H groups in total. The molecule has 5 aromatic rings. The molecule has 0 saturated heterocycles. The number of imidazole rings is 1. The van der Waals surface area contributed by atoms with Crippen LogP contribution in [0.5, 0.6) is 11.5 Å². The molecule has 6 rings (SSSR count). The van der Waals surface area contributed by atoms with Crippen molar-refractivity contribution in [2.75, 3.05) is 18.7 Å². The van der Waals surface area contributed by atoms with Gasteiger partial charge in [0.15, 0.2) is 11.5 Å². The molecule has 1 aliphatic rings. The Balaban J connectivity index is 1.28. The molecular formula is C32H25FN4O4. The molecule has 1 aromatic heterocycles. The van der Waals surface area contributed by atoms with E-state index in [9.17, 15) is 14.0 Å². The first-order valence-electron chi connectivity index (χ1n) is 13.0. The first-order valence-corrected chi connectivity index (χ1v) is 13.0. The zero-order valence-electron chi connectivity index (χ0n) is 21.9. The zero-order valence-corrected chi connectivity index (χ0v) is 21.9. The van der Waals surface area contributed by atoms with Gasteiger partial charge in [0.25, 0.3) is 5.91 Å². The lowest BCUT2D eigenvalue weighted by Gasteiger charge is -2.23. The number of carbonyl (C=O) groups is 2. The first-order chi connectivity index (χ1) is 20.0. The van der Waals surface area contributed by atoms with Crippen LogP contribution in [-0.2, 0) is 11.3 Å². The van der Waals surface area contributed by atoms with E-state index in [1.165, 1.54) is 17.0 Å². The van der Waals surface area contributed by atoms with E-state index in [1.54, 1.807) is 41.1 Å². The van der Waals surface area contributed by atoms with Gasteiger partial charge in [-0.05, 0) is 48.0 Å². The normalized spacial score (nSPS) is 11.7. The lowest BCUT2D eigenvalue weighted by atomic mass is 10.1. The number of nitrogens with one attached hydrogen (secondary N) is 1. The number of fused-ring (bicyclic) bond motifs is 1. The van der Waals surface area contributed by atoms with Gasteiger partial charge in [0.1, 0.15) is 12.4 Å². The van der Waals surface area contributed by atoms with E-state index in [2.05, 4.69) is 10.3 Å². The predicted molar refractivity (Wildman–Crippen MR) is 151 cm³/mol. The SMILES string of the molecule is O=C(CN(Cc1ccccc1)C(=O)c1ccc2c(c1)OCO2)Nc1nc(-c2ccccc2)cn1-c1ccc(F)cc1. The van der Waals surface area contributed by atoms with Gasteiger partial charge in [-0.25, -0.2) is 9.37 Å². The maximum Gasteiger partial charge on any atom is 0.254 e. The third-order valence-electron chi connectivity index (χ3n) is 6.59. The Morgan fingerprint density at radius 3 is 2.34 bits per heavy atom. The summed E-state index contributed by atoms with van der Waals surface area (Å²) in [5.74, 6) is 0.139. The van der Waals surface area contributed by atoms with E-state index in [0.29, 0.717) is 28.4 Å². The highest BCUT2D eigenvalue weighted by Crippen LogP contribution is 2.33. The van der Waals surface area contributed by atoms with Crippen LogP contribution in [0.15, 0.2) is 109 Å². The topological polar surface area (TPSA) is 85.7 Å². The molecule has 0 aliphatic carbocycles. The van der Waals surface area contributed by atoms with Crippen molar-refractivity contribution in [2.45, 2.75) is 6.54 Å². The van der Waals surface area contributed by atoms with Gasteiger partial charge in [0.2, 0.25) is 18.6 Å². The molecule has 0 atom stereocenters. The highest BCUT2D eigenvalue weighted by molar-refractivity contribution is 5.99.